The van der Waals surface area contributed by atoms with Crippen LogP contribution in [0.3, 0.4) is 0 Å². The molecule has 8 rings (SSSR count). The third kappa shape index (κ3) is 7.83. The highest BCUT2D eigenvalue weighted by Crippen LogP contribution is 2.58. The van der Waals surface area contributed by atoms with E-state index < -0.39 is 61.3 Å². The van der Waals surface area contributed by atoms with Crippen LogP contribution in [0.1, 0.15) is 122 Å². The highest BCUT2D eigenvalue weighted by atomic mass is 32.2. The zero-order valence-corrected chi connectivity index (χ0v) is 33.2. The Bertz CT molecular complexity index is 2150. The first kappa shape index (κ1) is 41.2. The van der Waals surface area contributed by atoms with E-state index in [4.69, 9.17) is 9.47 Å². The van der Waals surface area contributed by atoms with Crippen molar-refractivity contribution in [2.45, 2.75) is 141 Å². The van der Waals surface area contributed by atoms with Crippen LogP contribution in [0, 0.1) is 41.2 Å². The summed E-state index contributed by atoms with van der Waals surface area (Å²) < 4.78 is 68.8. The first-order valence-corrected chi connectivity index (χ1v) is 21.6. The second kappa shape index (κ2) is 14.7. The summed E-state index contributed by atoms with van der Waals surface area (Å²) in [6.07, 6.45) is 10.9. The van der Waals surface area contributed by atoms with E-state index in [0.29, 0.717) is 79.5 Å². The van der Waals surface area contributed by atoms with Crippen molar-refractivity contribution >= 4 is 44.5 Å². The quantitative estimate of drug-likeness (QED) is 0.232. The van der Waals surface area contributed by atoms with E-state index >= 15 is 0 Å². The van der Waals surface area contributed by atoms with E-state index in [-0.39, 0.29) is 56.3 Å². The van der Waals surface area contributed by atoms with Gasteiger partial charge in [-0.25, -0.2) is 22.2 Å². The molecule has 0 radical (unpaired) electrons. The fourth-order valence-electron chi connectivity index (χ4n) is 9.03. The Hall–Kier alpha value is -3.94. The third-order valence-electron chi connectivity index (χ3n) is 13.6. The number of pyridine rings is 1. The Morgan fingerprint density at radius 1 is 1.04 bits per heavy atom. The molecule has 1 N–H and O–H groups in total. The number of ether oxygens (including phenoxy) is 2. The van der Waals surface area contributed by atoms with Gasteiger partial charge in [-0.3, -0.25) is 23.9 Å². The van der Waals surface area contributed by atoms with Crippen molar-refractivity contribution in [3.05, 3.63) is 47.2 Å². The van der Waals surface area contributed by atoms with Gasteiger partial charge in [-0.2, -0.15) is 0 Å². The molecule has 6 aliphatic rings. The van der Waals surface area contributed by atoms with Crippen LogP contribution in [0.4, 0.5) is 8.78 Å². The molecule has 14 heteroatoms. The molecule has 0 unspecified atom stereocenters. The number of amides is 2. The maximum Gasteiger partial charge on any atom is 0.306 e. The number of ketones is 1. The lowest BCUT2D eigenvalue weighted by molar-refractivity contribution is -0.151. The minimum atomic E-state index is -3.97. The zero-order chi connectivity index (χ0) is 39.8. The topological polar surface area (TPSA) is 149 Å². The van der Waals surface area contributed by atoms with Gasteiger partial charge in [0.2, 0.25) is 21.8 Å². The molecule has 2 amide bonds. The maximum atomic E-state index is 14.8. The average Bonchev–Trinajstić information content (AvgIpc) is 4.11. The lowest BCUT2D eigenvalue weighted by atomic mass is 9.85. The summed E-state index contributed by atoms with van der Waals surface area (Å²) in [5.41, 5.74) is -0.960. The number of allylic oxidation sites excluding steroid dienone is 2. The number of halogens is 2. The van der Waals surface area contributed by atoms with Crippen LogP contribution in [-0.2, 0) is 40.4 Å². The van der Waals surface area contributed by atoms with Gasteiger partial charge in [-0.15, -0.1) is 0 Å². The largest absolute Gasteiger partial charge is 0.483 e. The Morgan fingerprint density at radius 2 is 1.77 bits per heavy atom. The minimum absolute atomic E-state index is 0. The summed E-state index contributed by atoms with van der Waals surface area (Å²) in [5, 5.41) is 0.425. The predicted molar refractivity (Wildman–Crippen MR) is 208 cm³/mol. The molecule has 1 aromatic heterocycles. The number of hydrogen-bond acceptors (Lipinski definition) is 9. The standard InChI is InChI=1S/C42H51F2N3O8S.CH4/c1-25-36-28(29-18-30(43)31(44)19-32(29)45-25)11-12-41(55-36)21-33-34(48)22-42(38(51)46-56(52,53)40(3)15-16-40)20-27(42)10-8-6-4-5-7-9-26(37(50)47(33)23-41)17-35(49)54-24-39(2)13-14-39;/h8,10,18-19,26-27,33H,4-7,9,11-17,20-24H2,1-3H3,(H,46,51);1H4/b10-8-;/t26-,27-,33+,41-,42-;/m1./s1. The van der Waals surface area contributed by atoms with Gasteiger partial charge in [0.1, 0.15) is 11.4 Å². The number of rotatable bonds is 7. The van der Waals surface area contributed by atoms with Crippen LogP contribution < -0.4 is 9.46 Å². The van der Waals surface area contributed by atoms with Crippen LogP contribution in [0.25, 0.3) is 10.9 Å². The average molecular weight is 812 g/mol. The molecular formula is C43H55F2N3O8S. The van der Waals surface area contributed by atoms with Crippen LogP contribution in [-0.4, -0.2) is 71.4 Å². The van der Waals surface area contributed by atoms with Gasteiger partial charge in [-0.05, 0) is 90.0 Å². The summed E-state index contributed by atoms with van der Waals surface area (Å²) in [6, 6.07) is 1.15. The summed E-state index contributed by atoms with van der Waals surface area (Å²) in [7, 11) is -3.97. The van der Waals surface area contributed by atoms with Gasteiger partial charge in [-0.1, -0.05) is 39.3 Å². The number of nitrogens with zero attached hydrogens (tertiary/aromatic N) is 2. The van der Waals surface area contributed by atoms with Gasteiger partial charge < -0.3 is 14.4 Å². The number of aryl methyl sites for hydroxylation is 2. The van der Waals surface area contributed by atoms with E-state index in [0.717, 1.165) is 44.2 Å². The number of hydrogen-bond donors (Lipinski definition) is 1. The number of nitrogens with one attached hydrogen (secondary N) is 1. The highest BCUT2D eigenvalue weighted by Gasteiger charge is 2.63. The summed E-state index contributed by atoms with van der Waals surface area (Å²) in [5.74, 6) is -4.62. The number of esters is 1. The molecular weight excluding hydrogens is 757 g/mol. The molecule has 2 aromatic rings. The third-order valence-corrected chi connectivity index (χ3v) is 15.8. The normalized spacial score (nSPS) is 30.7. The van der Waals surface area contributed by atoms with Crippen molar-refractivity contribution in [3.63, 3.8) is 0 Å². The Morgan fingerprint density at radius 3 is 2.49 bits per heavy atom. The molecule has 0 bridgehead atoms. The summed E-state index contributed by atoms with van der Waals surface area (Å²) >= 11 is 0. The maximum absolute atomic E-state index is 14.8. The highest BCUT2D eigenvalue weighted by molar-refractivity contribution is 7.91. The van der Waals surface area contributed by atoms with Crippen molar-refractivity contribution in [2.75, 3.05) is 13.2 Å². The molecule has 4 heterocycles. The van der Waals surface area contributed by atoms with Crippen molar-refractivity contribution in [1.82, 2.24) is 14.6 Å². The molecule has 3 saturated carbocycles. The number of benzene rings is 1. The van der Waals surface area contributed by atoms with Crippen LogP contribution in [0.2, 0.25) is 0 Å². The molecule has 310 valence electrons. The molecule has 57 heavy (non-hydrogen) atoms. The van der Waals surface area contributed by atoms with Crippen LogP contribution in [0.5, 0.6) is 5.75 Å². The minimum Gasteiger partial charge on any atom is -0.483 e. The predicted octanol–water partition coefficient (Wildman–Crippen LogP) is 6.96. The fraction of sp³-hybridized carbons (Fsp3) is 0.651. The van der Waals surface area contributed by atoms with Crippen molar-refractivity contribution < 1.29 is 45.9 Å². The number of carbonyl (C=O) groups is 4. The monoisotopic (exact) mass is 811 g/mol. The first-order chi connectivity index (χ1) is 26.5. The molecule has 4 fully saturated rings. The van der Waals surface area contributed by atoms with Crippen LogP contribution >= 0.6 is 0 Å². The van der Waals surface area contributed by atoms with Gasteiger partial charge >= 0.3 is 5.97 Å². The SMILES string of the molecule is C.Cc1nc2cc(F)c(F)cc2c2c1O[C@]1(CC2)C[C@H]2C(=O)C[C@]3(C(=O)NS(=O)(=O)C4(C)CC4)C[C@H]3/C=C\CCCCC[C@H](CC(=O)OCC3(C)CC3)C(=O)N2C1. The second-order valence-corrected chi connectivity index (χ2v) is 20.4. The van der Waals surface area contributed by atoms with E-state index in [2.05, 4.69) is 16.6 Å². The molecule has 3 aliphatic carbocycles. The number of Topliss-reactive ketones (excluding diaryl/α,β-unsaturated/α-hetero) is 1. The van der Waals surface area contributed by atoms with Crippen molar-refractivity contribution in [2.24, 2.45) is 22.7 Å². The Kier molecular flexibility index (Phi) is 10.6. The molecule has 11 nitrogen and oxygen atoms in total. The van der Waals surface area contributed by atoms with Crippen LogP contribution in [0.15, 0.2) is 24.3 Å². The van der Waals surface area contributed by atoms with Crippen molar-refractivity contribution in [1.29, 1.82) is 0 Å². The molecule has 5 atom stereocenters. The zero-order valence-electron chi connectivity index (χ0n) is 32.4. The lowest BCUT2D eigenvalue weighted by Crippen LogP contribution is -2.48. The van der Waals surface area contributed by atoms with Gasteiger partial charge in [0, 0.05) is 41.2 Å². The van der Waals surface area contributed by atoms with E-state index in [1.54, 1.807) is 13.8 Å². The summed E-state index contributed by atoms with van der Waals surface area (Å²) in [4.78, 5) is 62.8. The van der Waals surface area contributed by atoms with E-state index in [1.807, 2.05) is 12.2 Å². The fourth-order valence-corrected chi connectivity index (χ4v) is 10.4. The van der Waals surface area contributed by atoms with E-state index in [9.17, 15) is 36.4 Å². The summed E-state index contributed by atoms with van der Waals surface area (Å²) in [6.45, 7) is 5.68. The molecule has 3 aliphatic heterocycles. The van der Waals surface area contributed by atoms with Gasteiger partial charge in [0.15, 0.2) is 17.4 Å². The number of carbonyl (C=O) groups excluding carboxylic acids is 4. The Labute approximate surface area is 333 Å². The van der Waals surface area contributed by atoms with Gasteiger partial charge in [0.05, 0.1) is 47.0 Å². The first-order valence-electron chi connectivity index (χ1n) is 20.2. The smallest absolute Gasteiger partial charge is 0.306 e. The number of aromatic nitrogens is 1. The van der Waals surface area contributed by atoms with Crippen molar-refractivity contribution in [3.8, 4) is 5.75 Å². The Balaban J connectivity index is 0.00000496. The van der Waals surface area contributed by atoms with E-state index in [1.165, 1.54) is 4.90 Å². The number of fused-ring (bicyclic) bond motifs is 5. The van der Waals surface area contributed by atoms with Gasteiger partial charge in [0.25, 0.3) is 0 Å². The second-order valence-electron chi connectivity index (χ2n) is 18.2. The lowest BCUT2D eigenvalue weighted by Gasteiger charge is -2.36. The number of sulfonamides is 1. The molecule has 1 aromatic carbocycles. The molecule has 1 spiro atoms. The molecule has 1 saturated heterocycles.